The molecule has 3 saturated heterocycles. The molecular formula is C26H35N5O11P2. The van der Waals surface area contributed by atoms with Gasteiger partial charge >= 0.3 is 27.1 Å². The van der Waals surface area contributed by atoms with Gasteiger partial charge in [-0.15, -0.1) is 0 Å². The fraction of sp³-hybridized carbons (Fsp3) is 0.500. The second-order valence-corrected chi connectivity index (χ2v) is 14.4. The van der Waals surface area contributed by atoms with Crippen LogP contribution in [-0.4, -0.2) is 94.7 Å². The molecule has 0 radical (unpaired) electrons. The molecule has 0 saturated carbocycles. The van der Waals surface area contributed by atoms with Crippen molar-refractivity contribution in [3.63, 3.8) is 0 Å². The van der Waals surface area contributed by atoms with E-state index < -0.39 is 63.7 Å². The van der Waals surface area contributed by atoms with Gasteiger partial charge in [-0.25, -0.2) is 18.7 Å². The van der Waals surface area contributed by atoms with Crippen LogP contribution in [0.2, 0.25) is 0 Å². The van der Waals surface area contributed by atoms with Crippen molar-refractivity contribution in [2.75, 3.05) is 46.5 Å². The maximum Gasteiger partial charge on any atom is 0.459 e. The number of rotatable bonds is 15. The number of aromatic nitrogens is 2. The number of aliphatic hydroxyl groups excluding tert-OH is 1. The first-order chi connectivity index (χ1) is 21.0. The molecule has 5 rings (SSSR count). The smallest absolute Gasteiger partial charge is 0.459 e. The predicted octanol–water partition coefficient (Wildman–Crippen LogP) is 1.31. The van der Waals surface area contributed by atoms with Gasteiger partial charge in [0.15, 0.2) is 0 Å². The molecule has 0 aliphatic carbocycles. The summed E-state index contributed by atoms with van der Waals surface area (Å²) < 4.78 is 58.6. The molecule has 5 atom stereocenters. The third-order valence-corrected chi connectivity index (χ3v) is 11.4. The van der Waals surface area contributed by atoms with Gasteiger partial charge in [-0.2, -0.15) is 5.09 Å². The monoisotopic (exact) mass is 655 g/mol. The summed E-state index contributed by atoms with van der Waals surface area (Å²) in [7, 11) is -6.03. The lowest BCUT2D eigenvalue weighted by Crippen LogP contribution is -2.36. The molecule has 16 nitrogen and oxygen atoms in total. The van der Waals surface area contributed by atoms with Crippen LogP contribution in [0.4, 0.5) is 0 Å². The van der Waals surface area contributed by atoms with Crippen LogP contribution in [0.1, 0.15) is 25.1 Å². The van der Waals surface area contributed by atoms with Crippen LogP contribution in [0.5, 0.6) is 5.75 Å². The summed E-state index contributed by atoms with van der Waals surface area (Å²) in [6.45, 7) is 3.82. The van der Waals surface area contributed by atoms with Crippen LogP contribution in [0.3, 0.4) is 0 Å². The normalized spacial score (nSPS) is 24.2. The van der Waals surface area contributed by atoms with E-state index in [1.165, 1.54) is 32.4 Å². The Kier molecular flexibility index (Phi) is 10.0. The van der Waals surface area contributed by atoms with Crippen molar-refractivity contribution in [3.8, 4) is 5.75 Å². The minimum absolute atomic E-state index is 0.00532. The predicted molar refractivity (Wildman–Crippen MR) is 157 cm³/mol. The van der Waals surface area contributed by atoms with E-state index in [1.807, 2.05) is 0 Å². The van der Waals surface area contributed by atoms with Crippen LogP contribution in [0.25, 0.3) is 6.08 Å². The molecule has 1 aromatic carbocycles. The molecule has 1 unspecified atom stereocenters. The van der Waals surface area contributed by atoms with E-state index in [4.69, 9.17) is 18.3 Å². The summed E-state index contributed by atoms with van der Waals surface area (Å²) in [4.78, 5) is 39.3. The standard InChI is InChI=1S/C26H35N5O11P2/c1-18(25(34)38-2)28-43(36,42-20-8-4-3-5-9-20)40-17-22-21(32)15-23(41-22)31-16-19(24(33)27-26(31)35)7-6-14-39-44(37,29-10-11-29)30-12-13-30/h3-9,16,18,21-23,32H,10-15,17H2,1-2H3,(H,28,36)(H,27,33,35)/b7-6+/t18-,21-,22+,23+,43?/m0/s1. The van der Waals surface area contributed by atoms with E-state index in [9.17, 15) is 28.6 Å². The minimum Gasteiger partial charge on any atom is -0.468 e. The number of nitrogens with one attached hydrogen (secondary N) is 2. The van der Waals surface area contributed by atoms with Gasteiger partial charge in [0.1, 0.15) is 24.1 Å². The van der Waals surface area contributed by atoms with Crippen molar-refractivity contribution < 1.29 is 42.1 Å². The van der Waals surface area contributed by atoms with Crippen molar-refractivity contribution >= 4 is 27.5 Å². The Bertz CT molecular complexity index is 1560. The van der Waals surface area contributed by atoms with Gasteiger partial charge < -0.3 is 23.6 Å². The lowest BCUT2D eigenvalue weighted by molar-refractivity contribution is -0.142. The number of esters is 1. The SMILES string of the molecule is COC(=O)[C@H](C)NP(=O)(OC[C@H]1O[C@@H](n2cc(/C=C/COP(=O)(N3CC3)N3CC3)c(=O)[nH]c2=O)C[C@@H]1O)Oc1ccccc1. The van der Waals surface area contributed by atoms with Crippen LogP contribution < -0.4 is 20.9 Å². The molecule has 2 aromatic rings. The van der Waals surface area contributed by atoms with Gasteiger partial charge in [0, 0.05) is 38.8 Å². The number of ether oxygens (including phenoxy) is 2. The van der Waals surface area contributed by atoms with E-state index in [2.05, 4.69) is 14.8 Å². The highest BCUT2D eigenvalue weighted by Gasteiger charge is 2.49. The van der Waals surface area contributed by atoms with Gasteiger partial charge in [-0.05, 0) is 25.1 Å². The number of hydrogen-bond acceptors (Lipinski definition) is 11. The van der Waals surface area contributed by atoms with E-state index in [-0.39, 0.29) is 24.3 Å². The molecule has 0 bridgehead atoms. The van der Waals surface area contributed by atoms with Crippen LogP contribution in [0.15, 0.2) is 52.2 Å². The largest absolute Gasteiger partial charge is 0.468 e. The average molecular weight is 656 g/mol. The van der Waals surface area contributed by atoms with Crippen molar-refractivity contribution in [2.45, 2.75) is 37.8 Å². The van der Waals surface area contributed by atoms with Gasteiger partial charge in [-0.1, -0.05) is 24.3 Å². The van der Waals surface area contributed by atoms with Gasteiger partial charge in [0.05, 0.1) is 32.0 Å². The molecule has 240 valence electrons. The Morgan fingerprint density at radius 1 is 1.16 bits per heavy atom. The molecule has 3 N–H and O–H groups in total. The summed E-state index contributed by atoms with van der Waals surface area (Å²) >= 11 is 0. The number of aromatic amines is 1. The number of benzene rings is 1. The molecule has 0 amide bonds. The molecule has 1 aromatic heterocycles. The van der Waals surface area contributed by atoms with Crippen LogP contribution in [-0.2, 0) is 32.4 Å². The molecule has 0 spiro atoms. The lowest BCUT2D eigenvalue weighted by Gasteiger charge is -2.24. The number of carbonyl (C=O) groups is 1. The highest BCUT2D eigenvalue weighted by Crippen LogP contribution is 2.60. The zero-order valence-corrected chi connectivity index (χ0v) is 25.9. The second-order valence-electron chi connectivity index (χ2n) is 10.4. The summed E-state index contributed by atoms with van der Waals surface area (Å²) in [5, 5.41) is 13.2. The Labute approximate surface area is 252 Å². The number of methoxy groups -OCH3 is 1. The Balaban J connectivity index is 1.24. The molecule has 3 aliphatic heterocycles. The lowest BCUT2D eigenvalue weighted by atomic mass is 10.2. The average Bonchev–Trinajstić information content (AvgIpc) is 3.92. The third kappa shape index (κ3) is 7.83. The Hall–Kier alpha value is -2.91. The Morgan fingerprint density at radius 3 is 2.48 bits per heavy atom. The number of aliphatic hydroxyl groups is 1. The summed E-state index contributed by atoms with van der Waals surface area (Å²) in [6, 6.07) is 7.09. The van der Waals surface area contributed by atoms with Crippen molar-refractivity contribution in [1.82, 2.24) is 24.0 Å². The maximum absolute atomic E-state index is 13.6. The fourth-order valence-corrected chi connectivity index (χ4v) is 8.13. The van der Waals surface area contributed by atoms with E-state index >= 15 is 0 Å². The van der Waals surface area contributed by atoms with Crippen molar-refractivity contribution in [3.05, 3.63) is 69.0 Å². The fourth-order valence-electron chi connectivity index (χ4n) is 4.47. The molecule has 3 fully saturated rings. The number of carbonyl (C=O) groups excluding carboxylic acids is 1. The summed E-state index contributed by atoms with van der Waals surface area (Å²) in [5.74, 6) is -0.498. The first-order valence-corrected chi connectivity index (χ1v) is 17.0. The van der Waals surface area contributed by atoms with Gasteiger partial charge in [-0.3, -0.25) is 28.2 Å². The minimum atomic E-state index is -4.20. The van der Waals surface area contributed by atoms with Crippen molar-refractivity contribution in [1.29, 1.82) is 0 Å². The maximum atomic E-state index is 13.6. The highest BCUT2D eigenvalue weighted by atomic mass is 31.2. The second kappa shape index (κ2) is 13.6. The highest BCUT2D eigenvalue weighted by molar-refractivity contribution is 7.54. The number of H-pyrrole nitrogens is 1. The molecule has 3 aliphatic rings. The number of nitrogens with zero attached hydrogens (tertiary/aromatic N) is 3. The number of para-hydroxylation sites is 1. The zero-order valence-electron chi connectivity index (χ0n) is 24.1. The van der Waals surface area contributed by atoms with Crippen LogP contribution in [0, 0.1) is 0 Å². The first kappa shape index (κ1) is 32.5. The van der Waals surface area contributed by atoms with Gasteiger partial charge in [0.2, 0.25) is 0 Å². The summed E-state index contributed by atoms with van der Waals surface area (Å²) in [6.07, 6.45) is 1.05. The van der Waals surface area contributed by atoms with Gasteiger partial charge in [0.25, 0.3) is 5.56 Å². The molecule has 4 heterocycles. The number of hydrogen-bond donors (Lipinski definition) is 3. The molecular weight excluding hydrogens is 620 g/mol. The van der Waals surface area contributed by atoms with E-state index in [0.29, 0.717) is 26.2 Å². The van der Waals surface area contributed by atoms with E-state index in [0.717, 1.165) is 4.57 Å². The zero-order chi connectivity index (χ0) is 31.5. The first-order valence-electron chi connectivity index (χ1n) is 14.0. The topological polar surface area (TPSA) is 190 Å². The molecule has 18 heteroatoms. The Morgan fingerprint density at radius 2 is 1.84 bits per heavy atom. The molecule has 44 heavy (non-hydrogen) atoms. The summed E-state index contributed by atoms with van der Waals surface area (Å²) in [5.41, 5.74) is -1.30. The van der Waals surface area contributed by atoms with Crippen molar-refractivity contribution in [2.24, 2.45) is 0 Å². The quantitative estimate of drug-likeness (QED) is 0.141. The van der Waals surface area contributed by atoms with E-state index in [1.54, 1.807) is 39.7 Å². The third-order valence-electron chi connectivity index (χ3n) is 6.99. The van der Waals surface area contributed by atoms with Crippen LogP contribution >= 0.6 is 15.4 Å².